The molecule has 0 bridgehead atoms. The number of oxime groups is 1. The van der Waals surface area contributed by atoms with Crippen LogP contribution in [0.5, 0.6) is 0 Å². The molecule has 0 amide bonds. The zero-order valence-corrected chi connectivity index (χ0v) is 12.2. The Morgan fingerprint density at radius 2 is 2.00 bits per heavy atom. The van der Waals surface area contributed by atoms with Crippen molar-refractivity contribution in [1.29, 1.82) is 0 Å². The van der Waals surface area contributed by atoms with Crippen LogP contribution in [0.15, 0.2) is 35.5 Å². The SMILES string of the molecule is CC(CC(N)=NO)N1CCC(Cc2ccccc2)CC1. The minimum atomic E-state index is 0.323. The summed E-state index contributed by atoms with van der Waals surface area (Å²) in [6, 6.07) is 11.1. The molecule has 0 aliphatic carbocycles. The van der Waals surface area contributed by atoms with Gasteiger partial charge in [-0.1, -0.05) is 35.5 Å². The summed E-state index contributed by atoms with van der Waals surface area (Å²) in [6.07, 6.45) is 4.29. The molecule has 0 saturated carbocycles. The monoisotopic (exact) mass is 275 g/mol. The molecule has 3 N–H and O–H groups in total. The van der Waals surface area contributed by atoms with E-state index in [1.54, 1.807) is 0 Å². The number of piperidine rings is 1. The molecule has 0 radical (unpaired) electrons. The topological polar surface area (TPSA) is 61.9 Å². The maximum atomic E-state index is 8.63. The summed E-state index contributed by atoms with van der Waals surface area (Å²) in [6.45, 7) is 4.37. The van der Waals surface area contributed by atoms with Gasteiger partial charge < -0.3 is 15.8 Å². The Kier molecular flexibility index (Phi) is 5.41. The second-order valence-corrected chi connectivity index (χ2v) is 5.81. The third-order valence-corrected chi connectivity index (χ3v) is 4.27. The molecule has 1 unspecified atom stereocenters. The van der Waals surface area contributed by atoms with E-state index < -0.39 is 0 Å². The second-order valence-electron chi connectivity index (χ2n) is 5.81. The van der Waals surface area contributed by atoms with E-state index in [0.29, 0.717) is 18.3 Å². The molecule has 1 aromatic carbocycles. The van der Waals surface area contributed by atoms with Crippen LogP contribution in [-0.4, -0.2) is 35.1 Å². The van der Waals surface area contributed by atoms with Crippen molar-refractivity contribution in [3.05, 3.63) is 35.9 Å². The van der Waals surface area contributed by atoms with Crippen LogP contribution in [0.1, 0.15) is 31.7 Å². The molecular weight excluding hydrogens is 250 g/mol. The van der Waals surface area contributed by atoms with Crippen molar-refractivity contribution in [2.75, 3.05) is 13.1 Å². The highest BCUT2D eigenvalue weighted by Gasteiger charge is 2.23. The average Bonchev–Trinajstić information content (AvgIpc) is 2.49. The first kappa shape index (κ1) is 14.9. The second kappa shape index (κ2) is 7.29. The molecule has 0 spiro atoms. The average molecular weight is 275 g/mol. The summed E-state index contributed by atoms with van der Waals surface area (Å²) in [5.41, 5.74) is 7.02. The molecule has 1 saturated heterocycles. The van der Waals surface area contributed by atoms with Crippen LogP contribution in [0, 0.1) is 5.92 Å². The quantitative estimate of drug-likeness (QED) is 0.375. The molecule has 2 rings (SSSR count). The van der Waals surface area contributed by atoms with Gasteiger partial charge in [0.15, 0.2) is 0 Å². The van der Waals surface area contributed by atoms with E-state index in [-0.39, 0.29) is 0 Å². The predicted molar refractivity (Wildman–Crippen MR) is 81.9 cm³/mol. The van der Waals surface area contributed by atoms with Crippen LogP contribution in [0.3, 0.4) is 0 Å². The summed E-state index contributed by atoms with van der Waals surface area (Å²) in [7, 11) is 0. The smallest absolute Gasteiger partial charge is 0.140 e. The fourth-order valence-electron chi connectivity index (χ4n) is 3.02. The van der Waals surface area contributed by atoms with E-state index in [9.17, 15) is 0 Å². The van der Waals surface area contributed by atoms with Crippen LogP contribution in [0.4, 0.5) is 0 Å². The molecule has 0 aromatic heterocycles. The lowest BCUT2D eigenvalue weighted by molar-refractivity contribution is 0.143. The molecule has 1 aromatic rings. The number of likely N-dealkylation sites (tertiary alicyclic amines) is 1. The van der Waals surface area contributed by atoms with Crippen LogP contribution in [-0.2, 0) is 6.42 Å². The Bertz CT molecular complexity index is 425. The van der Waals surface area contributed by atoms with Gasteiger partial charge in [0.1, 0.15) is 5.84 Å². The number of nitrogens with zero attached hydrogens (tertiary/aromatic N) is 2. The van der Waals surface area contributed by atoms with Crippen LogP contribution in [0.25, 0.3) is 0 Å². The highest BCUT2D eigenvalue weighted by molar-refractivity contribution is 5.80. The maximum Gasteiger partial charge on any atom is 0.140 e. The van der Waals surface area contributed by atoms with Crippen molar-refractivity contribution in [3.63, 3.8) is 0 Å². The van der Waals surface area contributed by atoms with Crippen molar-refractivity contribution in [2.24, 2.45) is 16.8 Å². The van der Waals surface area contributed by atoms with Gasteiger partial charge in [-0.2, -0.15) is 0 Å². The van der Waals surface area contributed by atoms with E-state index >= 15 is 0 Å². The normalized spacial score (nSPS) is 19.9. The predicted octanol–water partition coefficient (Wildman–Crippen LogP) is 2.47. The van der Waals surface area contributed by atoms with E-state index in [4.69, 9.17) is 10.9 Å². The Labute approximate surface area is 121 Å². The van der Waals surface area contributed by atoms with Crippen molar-refractivity contribution < 1.29 is 5.21 Å². The van der Waals surface area contributed by atoms with Crippen molar-refractivity contribution in [3.8, 4) is 0 Å². The molecule has 20 heavy (non-hydrogen) atoms. The van der Waals surface area contributed by atoms with Gasteiger partial charge in [0.2, 0.25) is 0 Å². The highest BCUT2D eigenvalue weighted by atomic mass is 16.4. The van der Waals surface area contributed by atoms with E-state index in [1.165, 1.54) is 24.8 Å². The zero-order chi connectivity index (χ0) is 14.4. The molecule has 4 heteroatoms. The Morgan fingerprint density at radius 3 is 2.60 bits per heavy atom. The Balaban J connectivity index is 1.77. The Hall–Kier alpha value is -1.55. The van der Waals surface area contributed by atoms with Crippen LogP contribution < -0.4 is 5.73 Å². The van der Waals surface area contributed by atoms with Gasteiger partial charge in [-0.05, 0) is 50.8 Å². The molecular formula is C16H25N3O. The number of hydrogen-bond donors (Lipinski definition) is 2. The molecule has 1 atom stereocenters. The lowest BCUT2D eigenvalue weighted by Crippen LogP contribution is -2.42. The summed E-state index contributed by atoms with van der Waals surface area (Å²) < 4.78 is 0. The van der Waals surface area contributed by atoms with Gasteiger partial charge in [-0.15, -0.1) is 0 Å². The minimum absolute atomic E-state index is 0.323. The van der Waals surface area contributed by atoms with Crippen molar-refractivity contribution in [1.82, 2.24) is 4.90 Å². The highest BCUT2D eigenvalue weighted by Crippen LogP contribution is 2.23. The summed E-state index contributed by atoms with van der Waals surface area (Å²) >= 11 is 0. The lowest BCUT2D eigenvalue weighted by atomic mass is 9.89. The number of rotatable bonds is 5. The Morgan fingerprint density at radius 1 is 1.35 bits per heavy atom. The largest absolute Gasteiger partial charge is 0.409 e. The van der Waals surface area contributed by atoms with E-state index in [0.717, 1.165) is 19.0 Å². The first-order valence-electron chi connectivity index (χ1n) is 7.43. The molecule has 1 aliphatic rings. The van der Waals surface area contributed by atoms with Crippen LogP contribution >= 0.6 is 0 Å². The molecule has 1 heterocycles. The summed E-state index contributed by atoms with van der Waals surface area (Å²) in [4.78, 5) is 2.44. The van der Waals surface area contributed by atoms with Gasteiger partial charge in [-0.3, -0.25) is 0 Å². The van der Waals surface area contributed by atoms with Gasteiger partial charge in [0, 0.05) is 12.5 Å². The first-order valence-corrected chi connectivity index (χ1v) is 7.43. The standard InChI is InChI=1S/C16H25N3O/c1-13(11-16(17)18-20)19-9-7-15(8-10-19)12-14-5-3-2-4-6-14/h2-6,13,15,20H,7-12H2,1H3,(H2,17,18). The van der Waals surface area contributed by atoms with Gasteiger partial charge in [0.25, 0.3) is 0 Å². The van der Waals surface area contributed by atoms with Crippen molar-refractivity contribution in [2.45, 2.75) is 38.6 Å². The van der Waals surface area contributed by atoms with Gasteiger partial charge in [0.05, 0.1) is 0 Å². The number of benzene rings is 1. The summed E-state index contributed by atoms with van der Waals surface area (Å²) in [5.74, 6) is 1.11. The lowest BCUT2D eigenvalue weighted by Gasteiger charge is -2.36. The van der Waals surface area contributed by atoms with Gasteiger partial charge >= 0.3 is 0 Å². The van der Waals surface area contributed by atoms with Crippen LogP contribution in [0.2, 0.25) is 0 Å². The number of hydrogen-bond acceptors (Lipinski definition) is 3. The molecule has 1 aliphatic heterocycles. The number of nitrogens with two attached hydrogens (primary N) is 1. The fourth-order valence-corrected chi connectivity index (χ4v) is 3.02. The van der Waals surface area contributed by atoms with Gasteiger partial charge in [-0.25, -0.2) is 0 Å². The number of amidine groups is 1. The minimum Gasteiger partial charge on any atom is -0.409 e. The van der Waals surface area contributed by atoms with Crippen molar-refractivity contribution >= 4 is 5.84 Å². The molecule has 4 nitrogen and oxygen atoms in total. The summed E-state index contributed by atoms with van der Waals surface area (Å²) in [5, 5.41) is 11.7. The first-order chi connectivity index (χ1) is 9.69. The van der Waals surface area contributed by atoms with E-state index in [1.807, 2.05) is 0 Å². The zero-order valence-electron chi connectivity index (χ0n) is 12.2. The maximum absolute atomic E-state index is 8.63. The van der Waals surface area contributed by atoms with E-state index in [2.05, 4.69) is 47.3 Å². The molecule has 110 valence electrons. The third-order valence-electron chi connectivity index (χ3n) is 4.27. The third kappa shape index (κ3) is 4.23. The molecule has 1 fully saturated rings. The fraction of sp³-hybridized carbons (Fsp3) is 0.562.